The number of likely N-dealkylation sites (tertiary alicyclic amines) is 1. The number of ether oxygens (including phenoxy) is 1. The van der Waals surface area contributed by atoms with Gasteiger partial charge in [-0.15, -0.1) is 0 Å². The van der Waals surface area contributed by atoms with E-state index in [2.05, 4.69) is 10.3 Å². The number of H-pyrrole nitrogens is 1. The van der Waals surface area contributed by atoms with Crippen molar-refractivity contribution in [2.75, 3.05) is 13.2 Å². The predicted molar refractivity (Wildman–Crippen MR) is 161 cm³/mol. The van der Waals surface area contributed by atoms with Crippen molar-refractivity contribution in [1.82, 2.24) is 15.2 Å². The average molecular weight is 606 g/mol. The molecule has 1 saturated heterocycles. The van der Waals surface area contributed by atoms with E-state index in [1.807, 2.05) is 30.3 Å². The second-order valence-electron chi connectivity index (χ2n) is 12.1. The molecule has 3 aromatic rings. The zero-order valence-electron chi connectivity index (χ0n) is 23.9. The standard InChI is InChI=1S/C33H36ClN3O6/c34-25-13-22(43-18-19-6-2-1-3-7-19)14-26-24(25)15-28(35-26)33(42)37-16-21-9-4-10-23(21)31(37)32(41)36-27(30(40)17-38)12-20-8-5-11-29(20)39/h1-3,6-7,13-15,20-21,23,27,31,35,38H,4-5,8-12,16-18H2,(H,36,41)/t20-,21-,23-,27-,31-/m0/s1. The van der Waals surface area contributed by atoms with Gasteiger partial charge in [0.15, 0.2) is 5.78 Å². The minimum absolute atomic E-state index is 0.0205. The van der Waals surface area contributed by atoms with E-state index in [1.54, 1.807) is 23.1 Å². The number of hydrogen-bond acceptors (Lipinski definition) is 6. The molecule has 9 nitrogen and oxygen atoms in total. The van der Waals surface area contributed by atoms with Crippen LogP contribution in [-0.2, 0) is 21.0 Å². The Morgan fingerprint density at radius 3 is 2.65 bits per heavy atom. The molecule has 226 valence electrons. The Morgan fingerprint density at radius 2 is 1.91 bits per heavy atom. The smallest absolute Gasteiger partial charge is 0.271 e. The molecular formula is C33H36ClN3O6. The number of carbonyl (C=O) groups excluding carboxylic acids is 4. The maximum Gasteiger partial charge on any atom is 0.271 e. The third-order valence-electron chi connectivity index (χ3n) is 9.37. The van der Waals surface area contributed by atoms with E-state index in [0.29, 0.717) is 53.4 Å². The predicted octanol–water partition coefficient (Wildman–Crippen LogP) is 4.45. The van der Waals surface area contributed by atoms with E-state index < -0.39 is 30.4 Å². The number of carbonyl (C=O) groups is 4. The zero-order valence-corrected chi connectivity index (χ0v) is 24.6. The summed E-state index contributed by atoms with van der Waals surface area (Å²) in [7, 11) is 0. The topological polar surface area (TPSA) is 129 Å². The van der Waals surface area contributed by atoms with Crippen LogP contribution in [0.5, 0.6) is 5.75 Å². The number of Topliss-reactive ketones (excluding diaryl/α,β-unsaturated/α-hetero) is 2. The second kappa shape index (κ2) is 12.5. The number of nitrogens with one attached hydrogen (secondary N) is 2. The Kier molecular flexibility index (Phi) is 8.54. The lowest BCUT2D eigenvalue weighted by atomic mass is 9.91. The molecule has 10 heteroatoms. The van der Waals surface area contributed by atoms with Gasteiger partial charge < -0.3 is 25.0 Å². The number of hydrogen-bond donors (Lipinski definition) is 3. The summed E-state index contributed by atoms with van der Waals surface area (Å²) in [6, 6.07) is 13.3. The molecule has 2 aromatic carbocycles. The Labute approximate surface area is 254 Å². The van der Waals surface area contributed by atoms with Crippen molar-refractivity contribution in [2.24, 2.45) is 17.8 Å². The summed E-state index contributed by atoms with van der Waals surface area (Å²) in [5, 5.41) is 13.5. The molecule has 0 spiro atoms. The van der Waals surface area contributed by atoms with Crippen molar-refractivity contribution in [3.8, 4) is 5.75 Å². The van der Waals surface area contributed by atoms with Crippen LogP contribution in [0.2, 0.25) is 5.02 Å². The van der Waals surface area contributed by atoms with E-state index in [0.717, 1.165) is 31.2 Å². The van der Waals surface area contributed by atoms with Crippen LogP contribution in [0.3, 0.4) is 0 Å². The van der Waals surface area contributed by atoms with Gasteiger partial charge in [0.25, 0.3) is 5.91 Å². The molecule has 1 aliphatic heterocycles. The van der Waals surface area contributed by atoms with E-state index >= 15 is 0 Å². The summed E-state index contributed by atoms with van der Waals surface area (Å²) in [6.45, 7) is 0.0884. The summed E-state index contributed by atoms with van der Waals surface area (Å²) in [5.41, 5.74) is 1.98. The van der Waals surface area contributed by atoms with Gasteiger partial charge in [-0.25, -0.2) is 0 Å². The highest BCUT2D eigenvalue weighted by Crippen LogP contribution is 2.43. The lowest BCUT2D eigenvalue weighted by Gasteiger charge is -2.29. The number of nitrogens with zero attached hydrogens (tertiary/aromatic N) is 1. The highest BCUT2D eigenvalue weighted by atomic mass is 35.5. The molecule has 3 fully saturated rings. The lowest BCUT2D eigenvalue weighted by Crippen LogP contribution is -2.53. The number of aliphatic hydroxyl groups excluding tert-OH is 1. The number of rotatable bonds is 10. The van der Waals surface area contributed by atoms with Gasteiger partial charge in [0, 0.05) is 30.3 Å². The first-order valence-corrected chi connectivity index (χ1v) is 15.5. The monoisotopic (exact) mass is 605 g/mol. The Morgan fingerprint density at radius 1 is 1.09 bits per heavy atom. The highest BCUT2D eigenvalue weighted by Gasteiger charge is 2.50. The SMILES string of the molecule is O=C1CCC[C@H]1C[C@H](NC(=O)[C@@H]1[C@H]2CCC[C@H]2CN1C(=O)c1cc2c(Cl)cc(OCc3ccccc3)cc2[nH]1)C(=O)CO. The van der Waals surface area contributed by atoms with Gasteiger partial charge in [0.2, 0.25) is 5.91 Å². The molecule has 43 heavy (non-hydrogen) atoms. The zero-order chi connectivity index (χ0) is 30.1. The van der Waals surface area contributed by atoms with Crippen molar-refractivity contribution in [2.45, 2.75) is 63.6 Å². The fraction of sp³-hybridized carbons (Fsp3) is 0.455. The number of aliphatic hydroxyl groups is 1. The molecular weight excluding hydrogens is 570 g/mol. The number of halogens is 1. The molecule has 6 rings (SSSR count). The molecule has 5 atom stereocenters. The molecule has 0 bridgehead atoms. The first-order chi connectivity index (χ1) is 20.8. The van der Waals surface area contributed by atoms with Crippen molar-refractivity contribution < 1.29 is 29.0 Å². The lowest BCUT2D eigenvalue weighted by molar-refractivity contribution is -0.133. The number of aromatic nitrogens is 1. The van der Waals surface area contributed by atoms with Gasteiger partial charge in [0.05, 0.1) is 16.6 Å². The van der Waals surface area contributed by atoms with Crippen LogP contribution in [0, 0.1) is 17.8 Å². The molecule has 2 aliphatic carbocycles. The summed E-state index contributed by atoms with van der Waals surface area (Å²) in [4.78, 5) is 57.5. The van der Waals surface area contributed by atoms with Crippen molar-refractivity contribution in [1.29, 1.82) is 0 Å². The maximum absolute atomic E-state index is 14.0. The molecule has 3 aliphatic rings. The summed E-state index contributed by atoms with van der Waals surface area (Å²) in [6.07, 6.45) is 4.80. The van der Waals surface area contributed by atoms with Gasteiger partial charge in [-0.1, -0.05) is 48.4 Å². The maximum atomic E-state index is 14.0. The normalized spacial score (nSPS) is 23.9. The van der Waals surface area contributed by atoms with Gasteiger partial charge in [-0.3, -0.25) is 19.2 Å². The third kappa shape index (κ3) is 6.06. The fourth-order valence-electron chi connectivity index (χ4n) is 7.17. The Bertz CT molecular complexity index is 1540. The molecule has 1 aromatic heterocycles. The number of aromatic amines is 1. The summed E-state index contributed by atoms with van der Waals surface area (Å²) < 4.78 is 5.95. The highest BCUT2D eigenvalue weighted by molar-refractivity contribution is 6.35. The van der Waals surface area contributed by atoms with E-state index in [-0.39, 0.29) is 35.9 Å². The van der Waals surface area contributed by atoms with E-state index in [9.17, 15) is 24.3 Å². The fourth-order valence-corrected chi connectivity index (χ4v) is 7.44. The second-order valence-corrected chi connectivity index (χ2v) is 12.5. The van der Waals surface area contributed by atoms with Crippen LogP contribution in [0.1, 0.15) is 61.0 Å². The Balaban J connectivity index is 1.22. The third-order valence-corrected chi connectivity index (χ3v) is 9.68. The number of ketones is 2. The van der Waals surface area contributed by atoms with Crippen LogP contribution >= 0.6 is 11.6 Å². The minimum Gasteiger partial charge on any atom is -0.489 e. The van der Waals surface area contributed by atoms with Crippen LogP contribution < -0.4 is 10.1 Å². The average Bonchev–Trinajstić information content (AvgIpc) is 3.80. The van der Waals surface area contributed by atoms with Crippen LogP contribution in [0.4, 0.5) is 0 Å². The van der Waals surface area contributed by atoms with Crippen LogP contribution in [-0.4, -0.2) is 63.6 Å². The van der Waals surface area contributed by atoms with Crippen molar-refractivity contribution in [3.05, 3.63) is 64.8 Å². The van der Waals surface area contributed by atoms with E-state index in [1.165, 1.54) is 0 Å². The molecule has 0 radical (unpaired) electrons. The van der Waals surface area contributed by atoms with E-state index in [4.69, 9.17) is 16.3 Å². The van der Waals surface area contributed by atoms with Gasteiger partial charge in [0.1, 0.15) is 36.5 Å². The first kappa shape index (κ1) is 29.4. The summed E-state index contributed by atoms with van der Waals surface area (Å²) in [5.74, 6) is -0.737. The number of benzene rings is 2. The van der Waals surface area contributed by atoms with Crippen molar-refractivity contribution in [3.63, 3.8) is 0 Å². The minimum atomic E-state index is -0.969. The number of amides is 2. The Hall–Kier alpha value is -3.69. The van der Waals surface area contributed by atoms with Gasteiger partial charge >= 0.3 is 0 Å². The number of fused-ring (bicyclic) bond motifs is 2. The molecule has 3 N–H and O–H groups in total. The van der Waals surface area contributed by atoms with Crippen molar-refractivity contribution >= 4 is 45.9 Å². The van der Waals surface area contributed by atoms with Gasteiger partial charge in [-0.05, 0) is 61.6 Å². The van der Waals surface area contributed by atoms with Crippen LogP contribution in [0.15, 0.2) is 48.5 Å². The first-order valence-electron chi connectivity index (χ1n) is 15.1. The van der Waals surface area contributed by atoms with Crippen LogP contribution in [0.25, 0.3) is 10.9 Å². The summed E-state index contributed by atoms with van der Waals surface area (Å²) >= 11 is 6.59. The molecule has 0 unspecified atom stereocenters. The van der Waals surface area contributed by atoms with Gasteiger partial charge in [-0.2, -0.15) is 0 Å². The molecule has 2 heterocycles. The molecule has 2 saturated carbocycles. The molecule has 2 amide bonds. The quantitative estimate of drug-likeness (QED) is 0.313. The largest absolute Gasteiger partial charge is 0.489 e.